The van der Waals surface area contributed by atoms with E-state index in [0.717, 1.165) is 35.1 Å². The molecule has 45 heavy (non-hydrogen) atoms. The molecular formula is C33H39N9O3. The third kappa shape index (κ3) is 5.35. The van der Waals surface area contributed by atoms with Gasteiger partial charge in [-0.05, 0) is 91.5 Å². The molecular weight excluding hydrogens is 570 g/mol. The fraction of sp³-hybridized carbons (Fsp3) is 0.485. The third-order valence-corrected chi connectivity index (χ3v) is 9.58. The van der Waals surface area contributed by atoms with E-state index in [2.05, 4.69) is 32.0 Å². The van der Waals surface area contributed by atoms with Gasteiger partial charge < -0.3 is 20.0 Å². The number of carbonyl (C=O) groups is 3. The number of fused-ring (bicyclic) bond motifs is 3. The SMILES string of the molecule is C[C@H](CC1(c2nn[nH]n2)c2ccc(C(=O)N(C)C)cc2CCc2cc(C(=O)N(C)C)ccc21)NCC(=O)N1[C@H](C#N)C[C@@H]2C[C@@H]21. The number of benzene rings is 2. The highest BCUT2D eigenvalue weighted by atomic mass is 16.2. The molecule has 4 atom stereocenters. The Kier molecular flexibility index (Phi) is 7.91. The van der Waals surface area contributed by atoms with Gasteiger partial charge in [-0.25, -0.2) is 0 Å². The van der Waals surface area contributed by atoms with Crippen LogP contribution in [0.25, 0.3) is 0 Å². The zero-order valence-electron chi connectivity index (χ0n) is 26.4. The van der Waals surface area contributed by atoms with Crippen molar-refractivity contribution in [1.29, 1.82) is 5.26 Å². The summed E-state index contributed by atoms with van der Waals surface area (Å²) in [5.74, 6) is 0.674. The number of aromatic amines is 1. The van der Waals surface area contributed by atoms with Crippen LogP contribution in [0.15, 0.2) is 36.4 Å². The number of nitrogens with one attached hydrogen (secondary N) is 2. The van der Waals surface area contributed by atoms with Crippen molar-refractivity contribution in [3.8, 4) is 6.07 Å². The summed E-state index contributed by atoms with van der Waals surface area (Å²) < 4.78 is 0. The van der Waals surface area contributed by atoms with E-state index < -0.39 is 5.41 Å². The average Bonchev–Trinajstić information content (AvgIpc) is 3.42. The summed E-state index contributed by atoms with van der Waals surface area (Å²) in [6, 6.07) is 13.5. The molecule has 2 aromatic carbocycles. The minimum Gasteiger partial charge on any atom is -0.345 e. The number of H-pyrrole nitrogens is 1. The first-order valence-electron chi connectivity index (χ1n) is 15.4. The van der Waals surface area contributed by atoms with E-state index in [0.29, 0.717) is 42.1 Å². The fourth-order valence-electron chi connectivity index (χ4n) is 7.34. The smallest absolute Gasteiger partial charge is 0.253 e. The molecule has 0 bridgehead atoms. The molecule has 0 unspecified atom stereocenters. The maximum Gasteiger partial charge on any atom is 0.253 e. The molecule has 1 aromatic heterocycles. The Hall–Kier alpha value is -4.63. The van der Waals surface area contributed by atoms with Gasteiger partial charge in [0.15, 0.2) is 5.82 Å². The number of tetrazole rings is 1. The fourth-order valence-corrected chi connectivity index (χ4v) is 7.34. The maximum atomic E-state index is 13.3. The summed E-state index contributed by atoms with van der Waals surface area (Å²) >= 11 is 0. The molecule has 2 fully saturated rings. The molecule has 12 heteroatoms. The number of hydrogen-bond donors (Lipinski definition) is 2. The number of aromatic nitrogens is 4. The van der Waals surface area contributed by atoms with E-state index in [1.54, 1.807) is 42.9 Å². The summed E-state index contributed by atoms with van der Waals surface area (Å²) in [4.78, 5) is 44.2. The van der Waals surface area contributed by atoms with Crippen molar-refractivity contribution in [2.45, 2.75) is 62.6 Å². The average molecular weight is 610 g/mol. The number of rotatable bonds is 8. The molecule has 1 aliphatic heterocycles. The van der Waals surface area contributed by atoms with Crippen LogP contribution < -0.4 is 5.32 Å². The highest BCUT2D eigenvalue weighted by Gasteiger charge is 2.54. The van der Waals surface area contributed by atoms with Crippen LogP contribution in [0.1, 0.15) is 75.0 Å². The normalized spacial score (nSPS) is 21.4. The molecule has 0 spiro atoms. The van der Waals surface area contributed by atoms with Crippen molar-refractivity contribution in [3.63, 3.8) is 0 Å². The van der Waals surface area contributed by atoms with Gasteiger partial charge in [-0.2, -0.15) is 10.5 Å². The molecule has 3 aliphatic rings. The predicted octanol–water partition coefficient (Wildman–Crippen LogP) is 1.92. The van der Waals surface area contributed by atoms with Gasteiger partial charge in [0, 0.05) is 51.4 Å². The minimum atomic E-state index is -0.909. The van der Waals surface area contributed by atoms with E-state index in [-0.39, 0.29) is 42.4 Å². The summed E-state index contributed by atoms with van der Waals surface area (Å²) in [5, 5.41) is 28.7. The van der Waals surface area contributed by atoms with Crippen LogP contribution in [0.4, 0.5) is 0 Å². The van der Waals surface area contributed by atoms with E-state index in [9.17, 15) is 19.6 Å². The second-order valence-electron chi connectivity index (χ2n) is 13.0. The van der Waals surface area contributed by atoms with Crippen LogP contribution in [-0.4, -0.2) is 106 Å². The van der Waals surface area contributed by atoms with Gasteiger partial charge in [-0.3, -0.25) is 14.4 Å². The van der Waals surface area contributed by atoms with Gasteiger partial charge in [-0.15, -0.1) is 10.2 Å². The van der Waals surface area contributed by atoms with Crippen LogP contribution in [0.3, 0.4) is 0 Å². The molecule has 2 N–H and O–H groups in total. The summed E-state index contributed by atoms with van der Waals surface area (Å²) in [6.45, 7) is 2.13. The first kappa shape index (κ1) is 30.4. The van der Waals surface area contributed by atoms with Gasteiger partial charge in [0.25, 0.3) is 11.8 Å². The predicted molar refractivity (Wildman–Crippen MR) is 165 cm³/mol. The second kappa shape index (κ2) is 11.7. The van der Waals surface area contributed by atoms with E-state index in [4.69, 9.17) is 0 Å². The van der Waals surface area contributed by atoms with Crippen molar-refractivity contribution in [1.82, 2.24) is 40.6 Å². The standard InChI is InChI=1S/C33H39N9O3/c1-19(35-18-29(43)42-25(17-34)14-24-15-28(24)42)16-33(32-36-38-39-37-32)26-10-8-22(30(44)40(2)3)12-20(26)6-7-21-13-23(9-11-27(21)33)31(45)41(4)5/h8-13,19,24-25,28,35H,6-7,14-16,18H2,1-5H3,(H,36,37,38,39)/t19-,24-,25+,28+/m1/s1. The minimum absolute atomic E-state index is 0.0626. The van der Waals surface area contributed by atoms with Crippen LogP contribution in [0.5, 0.6) is 0 Å². The lowest BCUT2D eigenvalue weighted by molar-refractivity contribution is -0.131. The van der Waals surface area contributed by atoms with Crippen LogP contribution >= 0.6 is 0 Å². The van der Waals surface area contributed by atoms with Crippen molar-refractivity contribution >= 4 is 17.7 Å². The Bertz CT molecular complexity index is 1610. The van der Waals surface area contributed by atoms with Crippen molar-refractivity contribution in [2.75, 3.05) is 34.7 Å². The second-order valence-corrected chi connectivity index (χ2v) is 13.0. The monoisotopic (exact) mass is 609 g/mol. The Labute approximate surface area is 262 Å². The largest absolute Gasteiger partial charge is 0.345 e. The Morgan fingerprint density at radius 1 is 1.02 bits per heavy atom. The van der Waals surface area contributed by atoms with Gasteiger partial charge in [0.1, 0.15) is 6.04 Å². The summed E-state index contributed by atoms with van der Waals surface area (Å²) in [7, 11) is 6.93. The van der Waals surface area contributed by atoms with Crippen LogP contribution in [-0.2, 0) is 23.1 Å². The molecule has 12 nitrogen and oxygen atoms in total. The van der Waals surface area contributed by atoms with Gasteiger partial charge in [0.2, 0.25) is 5.91 Å². The summed E-state index contributed by atoms with van der Waals surface area (Å²) in [5.41, 5.74) is 4.14. The van der Waals surface area contributed by atoms with E-state index in [1.165, 1.54) is 0 Å². The molecule has 3 amide bonds. The van der Waals surface area contributed by atoms with Gasteiger partial charge in [-0.1, -0.05) is 17.3 Å². The number of amides is 3. The van der Waals surface area contributed by atoms with Gasteiger partial charge in [0.05, 0.1) is 18.0 Å². The number of aryl methyl sites for hydroxylation is 2. The molecule has 1 saturated heterocycles. The number of nitriles is 1. The molecule has 234 valence electrons. The van der Waals surface area contributed by atoms with Crippen molar-refractivity contribution in [3.05, 3.63) is 75.6 Å². The lowest BCUT2D eigenvalue weighted by atomic mass is 9.67. The Morgan fingerprint density at radius 2 is 1.62 bits per heavy atom. The Morgan fingerprint density at radius 3 is 2.13 bits per heavy atom. The van der Waals surface area contributed by atoms with Gasteiger partial charge >= 0.3 is 0 Å². The lowest BCUT2D eigenvalue weighted by Gasteiger charge is -2.36. The lowest BCUT2D eigenvalue weighted by Crippen LogP contribution is -2.46. The number of hydrogen-bond acceptors (Lipinski definition) is 8. The van der Waals surface area contributed by atoms with Crippen LogP contribution in [0, 0.1) is 17.2 Å². The quantitative estimate of drug-likeness (QED) is 0.393. The topological polar surface area (TPSA) is 151 Å². The molecule has 6 rings (SSSR count). The highest BCUT2D eigenvalue weighted by molar-refractivity contribution is 5.95. The highest BCUT2D eigenvalue weighted by Crippen LogP contribution is 2.48. The molecule has 2 heterocycles. The molecule has 2 aliphatic carbocycles. The van der Waals surface area contributed by atoms with E-state index >= 15 is 0 Å². The number of carbonyl (C=O) groups excluding carboxylic acids is 3. The van der Waals surface area contributed by atoms with Crippen molar-refractivity contribution in [2.24, 2.45) is 5.92 Å². The molecule has 3 aromatic rings. The molecule has 0 radical (unpaired) electrons. The maximum absolute atomic E-state index is 13.3. The first-order valence-corrected chi connectivity index (χ1v) is 15.4. The zero-order chi connectivity index (χ0) is 32.0. The third-order valence-electron chi connectivity index (χ3n) is 9.58. The van der Waals surface area contributed by atoms with Crippen molar-refractivity contribution < 1.29 is 14.4 Å². The number of nitrogens with zero attached hydrogens (tertiary/aromatic N) is 7. The first-order chi connectivity index (χ1) is 21.5. The number of piperidine rings is 1. The molecule has 1 saturated carbocycles. The summed E-state index contributed by atoms with van der Waals surface area (Å²) in [6.07, 6.45) is 3.49. The zero-order valence-corrected chi connectivity index (χ0v) is 26.4. The number of likely N-dealkylation sites (tertiary alicyclic amines) is 1. The van der Waals surface area contributed by atoms with Crippen LogP contribution in [0.2, 0.25) is 0 Å². The van der Waals surface area contributed by atoms with E-state index in [1.807, 2.05) is 43.3 Å². The Balaban J connectivity index is 1.42.